The number of amides is 2. The highest BCUT2D eigenvalue weighted by atomic mass is 16.5. The highest BCUT2D eigenvalue weighted by molar-refractivity contribution is 5.96. The second-order valence-electron chi connectivity index (χ2n) is 7.55. The van der Waals surface area contributed by atoms with E-state index in [1.54, 1.807) is 34.1 Å². The van der Waals surface area contributed by atoms with Crippen molar-refractivity contribution in [1.82, 2.24) is 9.80 Å². The number of furan rings is 1. The van der Waals surface area contributed by atoms with Gasteiger partial charge in [-0.1, -0.05) is 30.3 Å². The molecular formula is C25H26N2O6. The zero-order valence-corrected chi connectivity index (χ0v) is 18.7. The van der Waals surface area contributed by atoms with E-state index in [0.29, 0.717) is 61.4 Å². The predicted octanol–water partition coefficient (Wildman–Crippen LogP) is 3.47. The maximum absolute atomic E-state index is 13.2. The van der Waals surface area contributed by atoms with Gasteiger partial charge in [0.05, 0.1) is 20.5 Å². The number of piperazine rings is 1. The molecule has 1 aliphatic heterocycles. The molecule has 3 aromatic rings. The third-order valence-electron chi connectivity index (χ3n) is 5.52. The molecule has 172 valence electrons. The Kier molecular flexibility index (Phi) is 6.83. The lowest BCUT2D eigenvalue weighted by Crippen LogP contribution is -2.50. The third kappa shape index (κ3) is 4.95. The summed E-state index contributed by atoms with van der Waals surface area (Å²) in [5.41, 5.74) is 1.44. The van der Waals surface area contributed by atoms with Crippen LogP contribution in [-0.2, 0) is 6.61 Å². The van der Waals surface area contributed by atoms with E-state index in [9.17, 15) is 9.59 Å². The Morgan fingerprint density at radius 3 is 2.00 bits per heavy atom. The normalized spacial score (nSPS) is 13.5. The number of ether oxygens (including phenoxy) is 3. The van der Waals surface area contributed by atoms with Crippen LogP contribution < -0.4 is 14.2 Å². The molecule has 4 rings (SSSR count). The number of rotatable bonds is 7. The van der Waals surface area contributed by atoms with Crippen LogP contribution in [0.1, 0.15) is 26.5 Å². The molecule has 0 atom stereocenters. The van der Waals surface area contributed by atoms with Crippen LogP contribution >= 0.6 is 0 Å². The molecule has 1 aliphatic rings. The average Bonchev–Trinajstić information content (AvgIpc) is 3.42. The van der Waals surface area contributed by atoms with Gasteiger partial charge in [-0.25, -0.2) is 0 Å². The van der Waals surface area contributed by atoms with E-state index >= 15 is 0 Å². The number of hydrogen-bond acceptors (Lipinski definition) is 6. The molecule has 33 heavy (non-hydrogen) atoms. The van der Waals surface area contributed by atoms with Crippen LogP contribution in [0.15, 0.2) is 65.3 Å². The molecule has 2 amide bonds. The van der Waals surface area contributed by atoms with Crippen LogP contribution in [-0.4, -0.2) is 62.0 Å². The van der Waals surface area contributed by atoms with E-state index in [1.165, 1.54) is 20.5 Å². The van der Waals surface area contributed by atoms with Crippen molar-refractivity contribution in [2.45, 2.75) is 6.61 Å². The quantitative estimate of drug-likeness (QED) is 0.548. The summed E-state index contributed by atoms with van der Waals surface area (Å²) in [7, 11) is 3.05. The fraction of sp³-hybridized carbons (Fsp3) is 0.280. The molecule has 0 unspecified atom stereocenters. The molecule has 0 saturated carbocycles. The summed E-state index contributed by atoms with van der Waals surface area (Å²) in [6.45, 7) is 2.03. The van der Waals surface area contributed by atoms with Crippen LogP contribution in [0.5, 0.6) is 17.2 Å². The van der Waals surface area contributed by atoms with Gasteiger partial charge in [0.15, 0.2) is 17.3 Å². The van der Waals surface area contributed by atoms with Crippen molar-refractivity contribution in [2.75, 3.05) is 40.4 Å². The molecule has 8 heteroatoms. The number of nitrogens with zero attached hydrogens (tertiary/aromatic N) is 2. The van der Waals surface area contributed by atoms with E-state index in [4.69, 9.17) is 18.6 Å². The van der Waals surface area contributed by atoms with Gasteiger partial charge >= 0.3 is 0 Å². The Bertz CT molecular complexity index is 1060. The van der Waals surface area contributed by atoms with Crippen LogP contribution in [0.25, 0.3) is 0 Å². The van der Waals surface area contributed by atoms with Crippen LogP contribution in [0.2, 0.25) is 0 Å². The highest BCUT2D eigenvalue weighted by Crippen LogP contribution is 2.39. The molecule has 0 N–H and O–H groups in total. The van der Waals surface area contributed by atoms with E-state index in [2.05, 4.69) is 0 Å². The first-order valence-electron chi connectivity index (χ1n) is 10.7. The van der Waals surface area contributed by atoms with Crippen molar-refractivity contribution >= 4 is 11.8 Å². The lowest BCUT2D eigenvalue weighted by molar-refractivity contribution is 0.0518. The summed E-state index contributed by atoms with van der Waals surface area (Å²) in [5.74, 6) is 1.24. The van der Waals surface area contributed by atoms with Gasteiger partial charge in [-0.3, -0.25) is 9.59 Å². The van der Waals surface area contributed by atoms with Crippen LogP contribution in [0.3, 0.4) is 0 Å². The van der Waals surface area contributed by atoms with E-state index < -0.39 is 0 Å². The van der Waals surface area contributed by atoms with Gasteiger partial charge in [-0.15, -0.1) is 0 Å². The van der Waals surface area contributed by atoms with Crippen molar-refractivity contribution in [3.8, 4) is 17.2 Å². The monoisotopic (exact) mass is 450 g/mol. The SMILES string of the molecule is COc1cc(C(=O)N2CCN(C(=O)c3ccco3)CC2)cc(OC)c1OCc1ccccc1. The molecule has 1 saturated heterocycles. The Hall–Kier alpha value is -3.94. The molecule has 1 fully saturated rings. The lowest BCUT2D eigenvalue weighted by atomic mass is 10.1. The summed E-state index contributed by atoms with van der Waals surface area (Å²) < 4.78 is 22.2. The minimum atomic E-state index is -0.171. The summed E-state index contributed by atoms with van der Waals surface area (Å²) in [6, 6.07) is 16.4. The van der Waals surface area contributed by atoms with E-state index in [1.807, 2.05) is 30.3 Å². The fourth-order valence-corrected chi connectivity index (χ4v) is 3.73. The molecule has 0 aliphatic carbocycles. The van der Waals surface area contributed by atoms with Crippen molar-refractivity contribution < 1.29 is 28.2 Å². The van der Waals surface area contributed by atoms with Crippen molar-refractivity contribution in [2.24, 2.45) is 0 Å². The molecule has 0 bridgehead atoms. The van der Waals surface area contributed by atoms with E-state index in [0.717, 1.165) is 5.56 Å². The number of carbonyl (C=O) groups is 2. The second-order valence-corrected chi connectivity index (χ2v) is 7.55. The lowest BCUT2D eigenvalue weighted by Gasteiger charge is -2.34. The van der Waals surface area contributed by atoms with Gasteiger partial charge in [0, 0.05) is 31.7 Å². The Balaban J connectivity index is 1.46. The van der Waals surface area contributed by atoms with Gasteiger partial charge in [0.2, 0.25) is 5.75 Å². The van der Waals surface area contributed by atoms with Crippen molar-refractivity contribution in [3.05, 3.63) is 77.7 Å². The molecule has 0 spiro atoms. The summed E-state index contributed by atoms with van der Waals surface area (Å²) in [5, 5.41) is 0. The zero-order valence-electron chi connectivity index (χ0n) is 18.7. The Labute approximate surface area is 192 Å². The van der Waals surface area contributed by atoms with Gasteiger partial charge in [-0.05, 0) is 29.8 Å². The van der Waals surface area contributed by atoms with Gasteiger partial charge in [0.25, 0.3) is 11.8 Å². The Morgan fingerprint density at radius 1 is 0.848 bits per heavy atom. The highest BCUT2D eigenvalue weighted by Gasteiger charge is 2.28. The minimum Gasteiger partial charge on any atom is -0.493 e. The minimum absolute atomic E-state index is 0.161. The fourth-order valence-electron chi connectivity index (χ4n) is 3.73. The first-order chi connectivity index (χ1) is 16.1. The van der Waals surface area contributed by atoms with Gasteiger partial charge in [-0.2, -0.15) is 0 Å². The van der Waals surface area contributed by atoms with Crippen molar-refractivity contribution in [3.63, 3.8) is 0 Å². The molecular weight excluding hydrogens is 424 g/mol. The number of benzene rings is 2. The summed E-state index contributed by atoms with van der Waals surface area (Å²) in [6.07, 6.45) is 1.47. The topological polar surface area (TPSA) is 81.5 Å². The number of methoxy groups -OCH3 is 2. The third-order valence-corrected chi connectivity index (χ3v) is 5.52. The maximum Gasteiger partial charge on any atom is 0.289 e. The molecule has 0 radical (unpaired) electrons. The molecule has 1 aromatic heterocycles. The summed E-state index contributed by atoms with van der Waals surface area (Å²) in [4.78, 5) is 29.0. The Morgan fingerprint density at radius 2 is 1.45 bits per heavy atom. The zero-order chi connectivity index (χ0) is 23.2. The molecule has 8 nitrogen and oxygen atoms in total. The maximum atomic E-state index is 13.2. The smallest absolute Gasteiger partial charge is 0.289 e. The predicted molar refractivity (Wildman–Crippen MR) is 121 cm³/mol. The van der Waals surface area contributed by atoms with Crippen LogP contribution in [0, 0.1) is 0 Å². The average molecular weight is 450 g/mol. The van der Waals surface area contributed by atoms with E-state index in [-0.39, 0.29) is 11.8 Å². The van der Waals surface area contributed by atoms with Crippen molar-refractivity contribution in [1.29, 1.82) is 0 Å². The standard InChI is InChI=1S/C25H26N2O6/c1-30-21-15-19(16-22(31-2)23(21)33-17-18-7-4-3-5-8-18)24(28)26-10-12-27(13-11-26)25(29)20-9-6-14-32-20/h3-9,14-16H,10-13,17H2,1-2H3. The van der Waals surface area contributed by atoms with Gasteiger partial charge < -0.3 is 28.4 Å². The molecule has 2 aromatic carbocycles. The number of carbonyl (C=O) groups excluding carboxylic acids is 2. The first-order valence-corrected chi connectivity index (χ1v) is 10.7. The van der Waals surface area contributed by atoms with Crippen LogP contribution in [0.4, 0.5) is 0 Å². The number of hydrogen-bond donors (Lipinski definition) is 0. The summed E-state index contributed by atoms with van der Waals surface area (Å²) >= 11 is 0. The first kappa shape index (κ1) is 22.3. The second kappa shape index (κ2) is 10.1. The van der Waals surface area contributed by atoms with Gasteiger partial charge in [0.1, 0.15) is 6.61 Å². The molecule has 2 heterocycles. The largest absolute Gasteiger partial charge is 0.493 e.